The maximum atomic E-state index is 11.5. The smallest absolute Gasteiger partial charge is 0.282 e. The molecule has 5 aromatic rings. The molecule has 4 aromatic carbocycles. The van der Waals surface area contributed by atoms with Crippen LogP contribution in [0.15, 0.2) is 95.9 Å². The molecule has 0 bridgehead atoms. The molecule has 1 heterocycles. The summed E-state index contributed by atoms with van der Waals surface area (Å²) in [6, 6.07) is 27.9. The molecule has 0 fully saturated rings. The summed E-state index contributed by atoms with van der Waals surface area (Å²) in [6.07, 6.45) is 0. The molecule has 0 amide bonds. The van der Waals surface area contributed by atoms with Crippen molar-refractivity contribution in [3.8, 4) is 22.5 Å². The van der Waals surface area contributed by atoms with Crippen molar-refractivity contribution in [1.29, 1.82) is 0 Å². The summed E-state index contributed by atoms with van der Waals surface area (Å²) in [5.41, 5.74) is 4.79. The van der Waals surface area contributed by atoms with Crippen molar-refractivity contribution in [3.63, 3.8) is 0 Å². The van der Waals surface area contributed by atoms with Crippen LogP contribution in [-0.4, -0.2) is 22.9 Å². The molecule has 5 rings (SSSR count). The molecule has 0 aliphatic heterocycles. The third-order valence-electron chi connectivity index (χ3n) is 4.99. The van der Waals surface area contributed by atoms with Gasteiger partial charge >= 0.3 is 29.6 Å². The summed E-state index contributed by atoms with van der Waals surface area (Å²) in [5.74, 6) is 0. The van der Waals surface area contributed by atoms with Crippen LogP contribution in [0.2, 0.25) is 0 Å². The van der Waals surface area contributed by atoms with Gasteiger partial charge in [-0.15, -0.1) is 0 Å². The van der Waals surface area contributed by atoms with Gasteiger partial charge in [-0.2, -0.15) is 8.42 Å². The van der Waals surface area contributed by atoms with E-state index in [2.05, 4.69) is 0 Å². The molecule has 0 spiro atoms. The van der Waals surface area contributed by atoms with Gasteiger partial charge in [0.1, 0.15) is 0 Å². The molecule has 0 aliphatic rings. The maximum absolute atomic E-state index is 11.5. The number of benzene rings is 4. The maximum Gasteiger partial charge on any atom is 1.00 e. The van der Waals surface area contributed by atoms with Crippen molar-refractivity contribution >= 4 is 31.9 Å². The fourth-order valence-corrected chi connectivity index (χ4v) is 4.05. The van der Waals surface area contributed by atoms with Crippen molar-refractivity contribution in [2.75, 3.05) is 0 Å². The molecule has 0 saturated carbocycles. The van der Waals surface area contributed by atoms with Gasteiger partial charge in [0.25, 0.3) is 10.1 Å². The van der Waals surface area contributed by atoms with E-state index < -0.39 is 10.1 Å². The van der Waals surface area contributed by atoms with Gasteiger partial charge < -0.3 is 0 Å². The Kier molecular flexibility index (Phi) is 5.92. The first-order chi connectivity index (χ1) is 14.5. The number of nitrogens with zero attached hydrogens (tertiary/aromatic N) is 2. The van der Waals surface area contributed by atoms with Crippen LogP contribution in [0.4, 0.5) is 0 Å². The molecular formula is C24H16N2NaO3S+. The van der Waals surface area contributed by atoms with Crippen LogP contribution in [0.25, 0.3) is 44.3 Å². The molecule has 146 valence electrons. The Morgan fingerprint density at radius 2 is 1.10 bits per heavy atom. The summed E-state index contributed by atoms with van der Waals surface area (Å²) < 4.78 is 32.4. The molecule has 1 aromatic heterocycles. The monoisotopic (exact) mass is 435 g/mol. The Hall–Kier alpha value is -2.61. The van der Waals surface area contributed by atoms with E-state index in [4.69, 9.17) is 9.97 Å². The van der Waals surface area contributed by atoms with Gasteiger partial charge in [0.15, 0.2) is 0 Å². The Balaban J connectivity index is 0.00000231. The average Bonchev–Trinajstić information content (AvgIpc) is 2.77. The van der Waals surface area contributed by atoms with Gasteiger partial charge in [-0.05, 0) is 35.0 Å². The second-order valence-corrected chi connectivity index (χ2v) is 8.40. The average molecular weight is 435 g/mol. The van der Waals surface area contributed by atoms with Crippen LogP contribution in [0.1, 0.15) is 0 Å². The quantitative estimate of drug-likeness (QED) is 0.267. The summed E-state index contributed by atoms with van der Waals surface area (Å²) >= 11 is 0. The van der Waals surface area contributed by atoms with Crippen molar-refractivity contribution in [1.82, 2.24) is 9.97 Å². The van der Waals surface area contributed by atoms with Crippen molar-refractivity contribution in [3.05, 3.63) is 91.0 Å². The van der Waals surface area contributed by atoms with Crippen LogP contribution >= 0.6 is 0 Å². The van der Waals surface area contributed by atoms with E-state index in [1.807, 2.05) is 66.7 Å². The zero-order chi connectivity index (χ0) is 20.7. The summed E-state index contributed by atoms with van der Waals surface area (Å²) in [6.45, 7) is 0. The van der Waals surface area contributed by atoms with E-state index in [0.29, 0.717) is 16.4 Å². The Morgan fingerprint density at radius 3 is 1.58 bits per heavy atom. The van der Waals surface area contributed by atoms with Crippen molar-refractivity contribution in [2.24, 2.45) is 0 Å². The van der Waals surface area contributed by atoms with Gasteiger partial charge in [-0.1, -0.05) is 66.7 Å². The molecule has 31 heavy (non-hydrogen) atoms. The molecular weight excluding hydrogens is 419 g/mol. The first kappa shape index (κ1) is 21.6. The molecule has 0 unspecified atom stereocenters. The predicted molar refractivity (Wildman–Crippen MR) is 118 cm³/mol. The van der Waals surface area contributed by atoms with Crippen LogP contribution in [-0.2, 0) is 10.1 Å². The van der Waals surface area contributed by atoms with E-state index in [0.717, 1.165) is 27.9 Å². The minimum absolute atomic E-state index is 0. The molecule has 1 N–H and O–H groups in total. The number of aromatic nitrogens is 2. The zero-order valence-corrected chi connectivity index (χ0v) is 19.5. The van der Waals surface area contributed by atoms with E-state index in [9.17, 15) is 13.0 Å². The van der Waals surface area contributed by atoms with E-state index in [-0.39, 0.29) is 34.5 Å². The first-order valence-corrected chi connectivity index (χ1v) is 10.8. The third-order valence-corrected chi connectivity index (χ3v) is 5.84. The third kappa shape index (κ3) is 4.26. The normalized spacial score (nSPS) is 11.4. The number of rotatable bonds is 3. The van der Waals surface area contributed by atoms with Crippen LogP contribution in [0, 0.1) is 0 Å². The molecule has 5 nitrogen and oxygen atoms in total. The number of hydrogen-bond acceptors (Lipinski definition) is 4. The molecule has 0 atom stereocenters. The first-order valence-electron chi connectivity index (χ1n) is 9.33. The number of hydrogen-bond donors (Lipinski definition) is 1. The Bertz CT molecular complexity index is 1510. The zero-order valence-electron chi connectivity index (χ0n) is 16.7. The van der Waals surface area contributed by atoms with Crippen molar-refractivity contribution in [2.45, 2.75) is 4.90 Å². The van der Waals surface area contributed by atoms with E-state index in [1.54, 1.807) is 12.1 Å². The second kappa shape index (κ2) is 8.49. The Labute approximate surface area is 201 Å². The fourth-order valence-electron chi connectivity index (χ4n) is 3.53. The van der Waals surface area contributed by atoms with E-state index in [1.165, 1.54) is 12.1 Å². The van der Waals surface area contributed by atoms with Crippen LogP contribution in [0.5, 0.6) is 0 Å². The second-order valence-electron chi connectivity index (χ2n) is 6.98. The summed E-state index contributed by atoms with van der Waals surface area (Å²) in [7, 11) is -4.28. The van der Waals surface area contributed by atoms with Gasteiger partial charge in [0, 0.05) is 11.1 Å². The van der Waals surface area contributed by atoms with Gasteiger partial charge in [0.05, 0.1) is 27.3 Å². The fraction of sp³-hybridized carbons (Fsp3) is 0. The predicted octanol–water partition coefficient (Wildman–Crippen LogP) is 2.37. The minimum Gasteiger partial charge on any atom is -0.282 e. The molecule has 0 radical (unpaired) electrons. The van der Waals surface area contributed by atoms with Gasteiger partial charge in [-0.25, -0.2) is 9.97 Å². The Morgan fingerprint density at radius 1 is 0.613 bits per heavy atom. The summed E-state index contributed by atoms with van der Waals surface area (Å²) in [4.78, 5) is 9.66. The van der Waals surface area contributed by atoms with Crippen LogP contribution in [0.3, 0.4) is 0 Å². The SMILES string of the molecule is O=S(=O)(O)c1ccc2cc3nc(-c4ccccc4)c(-c4ccccc4)nc3cc2c1.[Na+]. The van der Waals surface area contributed by atoms with Crippen LogP contribution < -0.4 is 29.6 Å². The topological polar surface area (TPSA) is 80.2 Å². The van der Waals surface area contributed by atoms with Gasteiger partial charge in [0.2, 0.25) is 0 Å². The van der Waals surface area contributed by atoms with Crippen molar-refractivity contribution < 1.29 is 42.5 Å². The molecule has 0 aliphatic carbocycles. The largest absolute Gasteiger partial charge is 1.00 e. The standard InChI is InChI=1S/C24H16N2O3S.Na/c27-30(28,29)20-12-11-18-14-21-22(15-19(18)13-20)26-24(17-9-5-2-6-10-17)23(25-21)16-7-3-1-4-8-16;/h1-15H,(H,27,28,29);/q;+1. The number of fused-ring (bicyclic) bond motifs is 2. The summed E-state index contributed by atoms with van der Waals surface area (Å²) in [5, 5.41) is 1.48. The molecule has 0 saturated heterocycles. The van der Waals surface area contributed by atoms with Gasteiger partial charge in [-0.3, -0.25) is 4.55 Å². The molecule has 7 heteroatoms. The minimum atomic E-state index is -4.28. The van der Waals surface area contributed by atoms with E-state index >= 15 is 0 Å².